The number of thioether (sulfide) groups is 1. The van der Waals surface area contributed by atoms with Gasteiger partial charge in [0.05, 0.1) is 10.9 Å². The molecule has 1 heterocycles. The summed E-state index contributed by atoms with van der Waals surface area (Å²) in [6.07, 6.45) is 1.07. The first-order chi connectivity index (χ1) is 10.6. The van der Waals surface area contributed by atoms with E-state index >= 15 is 0 Å². The van der Waals surface area contributed by atoms with E-state index in [9.17, 15) is 9.59 Å². The van der Waals surface area contributed by atoms with Gasteiger partial charge in [0.2, 0.25) is 11.8 Å². The summed E-state index contributed by atoms with van der Waals surface area (Å²) in [6, 6.07) is 7.67. The van der Waals surface area contributed by atoms with Gasteiger partial charge >= 0.3 is 0 Å². The van der Waals surface area contributed by atoms with Crippen LogP contribution in [-0.4, -0.2) is 22.6 Å². The Morgan fingerprint density at radius 2 is 1.87 bits per heavy atom. The van der Waals surface area contributed by atoms with Gasteiger partial charge in [-0.3, -0.25) is 9.59 Å². The SMILES string of the molecule is CC(C)(C)CC(C)(C)NC(=O)CC1Sc2ccccc2NC1=O. The predicted molar refractivity (Wildman–Crippen MR) is 95.6 cm³/mol. The van der Waals surface area contributed by atoms with Gasteiger partial charge in [-0.25, -0.2) is 0 Å². The summed E-state index contributed by atoms with van der Waals surface area (Å²) in [5.41, 5.74) is 0.669. The molecule has 2 N–H and O–H groups in total. The van der Waals surface area contributed by atoms with Gasteiger partial charge in [0.25, 0.3) is 0 Å². The maximum atomic E-state index is 12.4. The third kappa shape index (κ3) is 5.27. The fourth-order valence-electron chi connectivity index (χ4n) is 3.19. The molecule has 126 valence electrons. The van der Waals surface area contributed by atoms with E-state index < -0.39 is 0 Å². The molecule has 1 unspecified atom stereocenters. The summed E-state index contributed by atoms with van der Waals surface area (Å²) in [6.45, 7) is 10.5. The second-order valence-electron chi connectivity index (χ2n) is 7.97. The number of hydrogen-bond donors (Lipinski definition) is 2. The summed E-state index contributed by atoms with van der Waals surface area (Å²) in [4.78, 5) is 25.6. The van der Waals surface area contributed by atoms with Crippen LogP contribution in [0.3, 0.4) is 0 Å². The Morgan fingerprint density at radius 1 is 1.22 bits per heavy atom. The Morgan fingerprint density at radius 3 is 2.52 bits per heavy atom. The van der Waals surface area contributed by atoms with Gasteiger partial charge in [0, 0.05) is 16.9 Å². The maximum absolute atomic E-state index is 12.4. The highest BCUT2D eigenvalue weighted by Gasteiger charge is 2.32. The molecular weight excluding hydrogens is 308 g/mol. The molecule has 0 saturated heterocycles. The highest BCUT2D eigenvalue weighted by Crippen LogP contribution is 2.36. The minimum Gasteiger partial charge on any atom is -0.351 e. The Kier molecular flexibility index (Phi) is 5.09. The van der Waals surface area contributed by atoms with Crippen molar-refractivity contribution >= 4 is 29.3 Å². The fourth-order valence-corrected chi connectivity index (χ4v) is 4.30. The molecule has 0 saturated carbocycles. The largest absolute Gasteiger partial charge is 0.351 e. The van der Waals surface area contributed by atoms with Crippen LogP contribution in [0, 0.1) is 5.41 Å². The van der Waals surface area contributed by atoms with Crippen LogP contribution in [-0.2, 0) is 9.59 Å². The lowest BCUT2D eigenvalue weighted by molar-refractivity contribution is -0.125. The third-order valence-corrected chi connectivity index (χ3v) is 4.80. The van der Waals surface area contributed by atoms with Crippen LogP contribution in [0.4, 0.5) is 5.69 Å². The Hall–Kier alpha value is -1.49. The highest BCUT2D eigenvalue weighted by molar-refractivity contribution is 8.01. The van der Waals surface area contributed by atoms with Crippen LogP contribution < -0.4 is 10.6 Å². The number of hydrogen-bond acceptors (Lipinski definition) is 3. The molecule has 1 atom stereocenters. The zero-order chi connectivity index (χ0) is 17.3. The number of amides is 2. The molecule has 0 bridgehead atoms. The molecule has 0 radical (unpaired) electrons. The summed E-state index contributed by atoms with van der Waals surface area (Å²) in [5, 5.41) is 5.57. The van der Waals surface area contributed by atoms with Gasteiger partial charge < -0.3 is 10.6 Å². The van der Waals surface area contributed by atoms with E-state index in [0.717, 1.165) is 17.0 Å². The first kappa shape index (κ1) is 17.9. The van der Waals surface area contributed by atoms with E-state index in [1.807, 2.05) is 38.1 Å². The minimum atomic E-state index is -0.379. The van der Waals surface area contributed by atoms with Crippen LogP contribution in [0.1, 0.15) is 47.5 Å². The van der Waals surface area contributed by atoms with Crippen molar-refractivity contribution in [2.45, 2.75) is 63.1 Å². The zero-order valence-corrected chi connectivity index (χ0v) is 15.3. The Labute approximate surface area is 142 Å². The van der Waals surface area contributed by atoms with E-state index in [-0.39, 0.29) is 34.4 Å². The molecule has 2 amide bonds. The van der Waals surface area contributed by atoms with Crippen molar-refractivity contribution in [3.63, 3.8) is 0 Å². The van der Waals surface area contributed by atoms with Crippen LogP contribution >= 0.6 is 11.8 Å². The minimum absolute atomic E-state index is 0.0775. The molecule has 1 aliphatic rings. The van der Waals surface area contributed by atoms with Gasteiger partial charge in [-0.05, 0) is 37.8 Å². The summed E-state index contributed by atoms with van der Waals surface area (Å²) in [5.74, 6) is -0.177. The zero-order valence-electron chi connectivity index (χ0n) is 14.5. The number of rotatable bonds is 4. The van der Waals surface area contributed by atoms with Crippen molar-refractivity contribution in [3.05, 3.63) is 24.3 Å². The number of anilines is 1. The number of para-hydroxylation sites is 1. The maximum Gasteiger partial charge on any atom is 0.238 e. The van der Waals surface area contributed by atoms with Crippen molar-refractivity contribution in [2.24, 2.45) is 5.41 Å². The van der Waals surface area contributed by atoms with Crippen molar-refractivity contribution < 1.29 is 9.59 Å². The second kappa shape index (κ2) is 6.56. The average Bonchev–Trinajstić information content (AvgIpc) is 2.35. The standard InChI is InChI=1S/C18H26N2O2S/c1-17(2,3)11-18(4,5)20-15(21)10-14-16(22)19-12-8-6-7-9-13(12)23-14/h6-9,14H,10-11H2,1-5H3,(H,19,22)(H,20,21). The molecule has 2 rings (SSSR count). The number of nitrogens with one attached hydrogen (secondary N) is 2. The van der Waals surface area contributed by atoms with Crippen molar-refractivity contribution in [2.75, 3.05) is 5.32 Å². The normalized spacial score (nSPS) is 18.1. The summed E-state index contributed by atoms with van der Waals surface area (Å²) in [7, 11) is 0. The van der Waals surface area contributed by atoms with Crippen LogP contribution in [0.25, 0.3) is 0 Å². The average molecular weight is 334 g/mol. The molecule has 1 aliphatic heterocycles. The monoisotopic (exact) mass is 334 g/mol. The number of carbonyl (C=O) groups excluding carboxylic acids is 2. The van der Waals surface area contributed by atoms with Crippen molar-refractivity contribution in [1.29, 1.82) is 0 Å². The lowest BCUT2D eigenvalue weighted by Gasteiger charge is -2.34. The van der Waals surface area contributed by atoms with E-state index in [0.29, 0.717) is 0 Å². The smallest absolute Gasteiger partial charge is 0.238 e. The highest BCUT2D eigenvalue weighted by atomic mass is 32.2. The Bertz CT molecular complexity index is 605. The molecule has 0 spiro atoms. The van der Waals surface area contributed by atoms with Gasteiger partial charge in [0.1, 0.15) is 0 Å². The van der Waals surface area contributed by atoms with Crippen LogP contribution in [0.5, 0.6) is 0 Å². The lowest BCUT2D eigenvalue weighted by Crippen LogP contribution is -2.47. The topological polar surface area (TPSA) is 58.2 Å². The Balaban J connectivity index is 1.97. The van der Waals surface area contributed by atoms with Crippen LogP contribution in [0.2, 0.25) is 0 Å². The number of benzene rings is 1. The van der Waals surface area contributed by atoms with Crippen LogP contribution in [0.15, 0.2) is 29.2 Å². The molecule has 4 nitrogen and oxygen atoms in total. The molecule has 1 aromatic rings. The fraction of sp³-hybridized carbons (Fsp3) is 0.556. The first-order valence-electron chi connectivity index (χ1n) is 7.93. The third-order valence-electron chi connectivity index (χ3n) is 3.53. The number of carbonyl (C=O) groups is 2. The van der Waals surface area contributed by atoms with E-state index in [1.54, 1.807) is 0 Å². The predicted octanol–water partition coefficient (Wildman–Crippen LogP) is 3.82. The molecule has 23 heavy (non-hydrogen) atoms. The molecule has 0 aliphatic carbocycles. The van der Waals surface area contributed by atoms with E-state index in [1.165, 1.54) is 11.8 Å². The first-order valence-corrected chi connectivity index (χ1v) is 8.81. The summed E-state index contributed by atoms with van der Waals surface area (Å²) < 4.78 is 0. The van der Waals surface area contributed by atoms with Crippen molar-refractivity contribution in [1.82, 2.24) is 5.32 Å². The van der Waals surface area contributed by atoms with Gasteiger partial charge in [-0.2, -0.15) is 0 Å². The lowest BCUT2D eigenvalue weighted by atomic mass is 9.82. The van der Waals surface area contributed by atoms with Gasteiger partial charge in [-0.1, -0.05) is 32.9 Å². The molecule has 5 heteroatoms. The quantitative estimate of drug-likeness (QED) is 0.880. The van der Waals surface area contributed by atoms with Crippen molar-refractivity contribution in [3.8, 4) is 0 Å². The number of fused-ring (bicyclic) bond motifs is 1. The molecular formula is C18H26N2O2S. The molecule has 1 aromatic carbocycles. The van der Waals surface area contributed by atoms with E-state index in [4.69, 9.17) is 0 Å². The summed E-state index contributed by atoms with van der Waals surface area (Å²) >= 11 is 1.46. The van der Waals surface area contributed by atoms with E-state index in [2.05, 4.69) is 31.4 Å². The molecule has 0 aromatic heterocycles. The van der Waals surface area contributed by atoms with Gasteiger partial charge in [-0.15, -0.1) is 11.8 Å². The van der Waals surface area contributed by atoms with Gasteiger partial charge in [0.15, 0.2) is 0 Å². The molecule has 0 fully saturated rings. The second-order valence-corrected chi connectivity index (χ2v) is 9.21.